The van der Waals surface area contributed by atoms with Gasteiger partial charge in [-0.3, -0.25) is 9.48 Å². The molecule has 0 fully saturated rings. The van der Waals surface area contributed by atoms with Crippen LogP contribution in [0.4, 0.5) is 0 Å². The first-order valence-corrected chi connectivity index (χ1v) is 8.90. The Morgan fingerprint density at radius 1 is 1.23 bits per heavy atom. The van der Waals surface area contributed by atoms with E-state index >= 15 is 0 Å². The molecular formula is C18H16N4O3S. The second-order valence-corrected chi connectivity index (χ2v) is 7.22. The van der Waals surface area contributed by atoms with Gasteiger partial charge in [0.2, 0.25) is 0 Å². The Labute approximate surface area is 153 Å². The summed E-state index contributed by atoms with van der Waals surface area (Å²) >= 11 is 1.25. The zero-order chi connectivity index (χ0) is 18.3. The lowest BCUT2D eigenvalue weighted by atomic mass is 9.94. The van der Waals surface area contributed by atoms with Crippen LogP contribution in [-0.2, 0) is 24.8 Å². The van der Waals surface area contributed by atoms with E-state index in [1.54, 1.807) is 10.9 Å². The summed E-state index contributed by atoms with van der Waals surface area (Å²) in [7, 11) is 1.81. The lowest BCUT2D eigenvalue weighted by Crippen LogP contribution is -2.48. The van der Waals surface area contributed by atoms with E-state index in [-0.39, 0.29) is 12.5 Å². The number of carbonyl (C=O) groups is 2. The smallest absolute Gasteiger partial charge is 0.326 e. The Morgan fingerprint density at radius 3 is 2.69 bits per heavy atom. The molecule has 7 nitrogen and oxygen atoms in total. The number of thiazole rings is 1. The first kappa shape index (κ1) is 16.5. The summed E-state index contributed by atoms with van der Waals surface area (Å²) in [5.41, 5.74) is 2.79. The highest BCUT2D eigenvalue weighted by atomic mass is 32.1. The maximum Gasteiger partial charge on any atom is 0.326 e. The van der Waals surface area contributed by atoms with Gasteiger partial charge in [0, 0.05) is 31.8 Å². The van der Waals surface area contributed by atoms with E-state index in [9.17, 15) is 14.7 Å². The number of carboxylic acids is 1. The molecule has 0 aliphatic carbocycles. The number of aryl methyl sites for hydroxylation is 1. The molecule has 0 unspecified atom stereocenters. The SMILES string of the molecule is Cn1cc(-c2ncc(C(=O)N3Cc4ccccc4C[C@@H]3C(=O)O)s2)cn1. The van der Waals surface area contributed by atoms with Gasteiger partial charge in [0.25, 0.3) is 5.91 Å². The molecule has 1 aliphatic rings. The number of fused-ring (bicyclic) bond motifs is 1. The molecule has 1 aliphatic heterocycles. The van der Waals surface area contributed by atoms with Gasteiger partial charge in [0.05, 0.1) is 12.4 Å². The van der Waals surface area contributed by atoms with Gasteiger partial charge in [-0.1, -0.05) is 24.3 Å². The second kappa shape index (κ2) is 6.38. The normalized spacial score (nSPS) is 16.3. The molecule has 3 aromatic rings. The highest BCUT2D eigenvalue weighted by Crippen LogP contribution is 2.29. The number of aromatic nitrogens is 3. The molecule has 0 spiro atoms. The Kier molecular flexibility index (Phi) is 4.04. The zero-order valence-corrected chi connectivity index (χ0v) is 14.8. The quantitative estimate of drug-likeness (QED) is 0.766. The van der Waals surface area contributed by atoms with Gasteiger partial charge in [-0.05, 0) is 11.1 Å². The number of carboxylic acid groups (broad SMARTS) is 1. The van der Waals surface area contributed by atoms with E-state index in [1.165, 1.54) is 22.4 Å². The standard InChI is InChI=1S/C18H16N4O3S/c1-21-9-13(7-20-21)16-19-8-15(26-16)17(23)22-10-12-5-3-2-4-11(12)6-14(22)18(24)25/h2-5,7-9,14H,6,10H2,1H3,(H,24,25)/t14-/m1/s1. The fourth-order valence-electron chi connectivity index (χ4n) is 3.14. The van der Waals surface area contributed by atoms with Crippen molar-refractivity contribution in [3.63, 3.8) is 0 Å². The highest BCUT2D eigenvalue weighted by Gasteiger charge is 2.35. The summed E-state index contributed by atoms with van der Waals surface area (Å²) in [6.45, 7) is 0.284. The number of hydrogen-bond donors (Lipinski definition) is 1. The number of amides is 1. The largest absolute Gasteiger partial charge is 0.480 e. The molecule has 132 valence electrons. The molecule has 1 N–H and O–H groups in total. The van der Waals surface area contributed by atoms with Crippen LogP contribution < -0.4 is 0 Å². The van der Waals surface area contributed by atoms with Crippen molar-refractivity contribution in [3.05, 3.63) is 58.9 Å². The van der Waals surface area contributed by atoms with Gasteiger partial charge in [-0.2, -0.15) is 5.10 Å². The maximum atomic E-state index is 13.0. The lowest BCUT2D eigenvalue weighted by molar-refractivity contribution is -0.142. The molecule has 0 saturated carbocycles. The monoisotopic (exact) mass is 368 g/mol. The van der Waals surface area contributed by atoms with Crippen molar-refractivity contribution < 1.29 is 14.7 Å². The molecule has 1 atom stereocenters. The van der Waals surface area contributed by atoms with Gasteiger partial charge in [-0.15, -0.1) is 11.3 Å². The average molecular weight is 368 g/mol. The summed E-state index contributed by atoms with van der Waals surface area (Å²) in [6.07, 6.45) is 5.33. The van der Waals surface area contributed by atoms with Crippen LogP contribution in [0.2, 0.25) is 0 Å². The van der Waals surface area contributed by atoms with Crippen molar-refractivity contribution in [2.24, 2.45) is 7.05 Å². The lowest BCUT2D eigenvalue weighted by Gasteiger charge is -2.34. The van der Waals surface area contributed by atoms with Crippen LogP contribution in [0.25, 0.3) is 10.6 Å². The summed E-state index contributed by atoms with van der Waals surface area (Å²) in [5.74, 6) is -1.30. The molecule has 0 bridgehead atoms. The fourth-order valence-corrected chi connectivity index (χ4v) is 3.98. The van der Waals surface area contributed by atoms with E-state index in [0.29, 0.717) is 16.3 Å². The fraction of sp³-hybridized carbons (Fsp3) is 0.222. The Bertz CT molecular complexity index is 994. The summed E-state index contributed by atoms with van der Waals surface area (Å²) in [4.78, 5) is 30.9. The third kappa shape index (κ3) is 2.88. The van der Waals surface area contributed by atoms with Crippen molar-refractivity contribution >= 4 is 23.2 Å². The van der Waals surface area contributed by atoms with E-state index in [2.05, 4.69) is 10.1 Å². The number of hydrogen-bond acceptors (Lipinski definition) is 5. The second-order valence-electron chi connectivity index (χ2n) is 6.19. The molecule has 1 aromatic carbocycles. The minimum Gasteiger partial charge on any atom is -0.480 e. The molecule has 3 heterocycles. The van der Waals surface area contributed by atoms with Crippen molar-refractivity contribution in [1.82, 2.24) is 19.7 Å². The van der Waals surface area contributed by atoms with Crippen LogP contribution in [0.15, 0.2) is 42.9 Å². The van der Waals surface area contributed by atoms with E-state index in [0.717, 1.165) is 16.7 Å². The van der Waals surface area contributed by atoms with Gasteiger partial charge < -0.3 is 10.0 Å². The molecule has 8 heteroatoms. The van der Waals surface area contributed by atoms with Crippen LogP contribution in [0.1, 0.15) is 20.8 Å². The molecule has 0 saturated heterocycles. The molecule has 26 heavy (non-hydrogen) atoms. The number of benzene rings is 1. The zero-order valence-electron chi connectivity index (χ0n) is 14.0. The van der Waals surface area contributed by atoms with Crippen molar-refractivity contribution in [2.45, 2.75) is 19.0 Å². The topological polar surface area (TPSA) is 88.3 Å². The van der Waals surface area contributed by atoms with E-state index < -0.39 is 12.0 Å². The number of rotatable bonds is 3. The van der Waals surface area contributed by atoms with Gasteiger partial charge in [0.1, 0.15) is 15.9 Å². The molecule has 1 amide bonds. The summed E-state index contributed by atoms with van der Waals surface area (Å²) in [5, 5.41) is 14.4. The number of aliphatic carboxylic acids is 1. The van der Waals surface area contributed by atoms with E-state index in [4.69, 9.17) is 0 Å². The Hall–Kier alpha value is -3.00. The van der Waals surface area contributed by atoms with Crippen LogP contribution >= 0.6 is 11.3 Å². The first-order chi connectivity index (χ1) is 12.5. The van der Waals surface area contributed by atoms with Crippen molar-refractivity contribution in [3.8, 4) is 10.6 Å². The third-order valence-corrected chi connectivity index (χ3v) is 5.50. The molecule has 2 aromatic heterocycles. The maximum absolute atomic E-state index is 13.0. The predicted octanol–water partition coefficient (Wildman–Crippen LogP) is 2.20. The molecular weight excluding hydrogens is 352 g/mol. The minimum atomic E-state index is -0.996. The van der Waals surface area contributed by atoms with Crippen molar-refractivity contribution in [1.29, 1.82) is 0 Å². The summed E-state index contributed by atoms with van der Waals surface area (Å²) < 4.78 is 1.67. The Balaban J connectivity index is 1.64. The van der Waals surface area contributed by atoms with Gasteiger partial charge in [-0.25, -0.2) is 9.78 Å². The average Bonchev–Trinajstić information content (AvgIpc) is 3.29. The van der Waals surface area contributed by atoms with Gasteiger partial charge in [0.15, 0.2) is 0 Å². The van der Waals surface area contributed by atoms with Crippen LogP contribution in [-0.4, -0.2) is 42.7 Å². The molecule has 0 radical (unpaired) electrons. The van der Waals surface area contributed by atoms with Gasteiger partial charge >= 0.3 is 5.97 Å². The minimum absolute atomic E-state index is 0.284. The third-order valence-electron chi connectivity index (χ3n) is 4.46. The van der Waals surface area contributed by atoms with Crippen LogP contribution in [0, 0.1) is 0 Å². The number of nitrogens with zero attached hydrogens (tertiary/aromatic N) is 4. The Morgan fingerprint density at radius 2 is 2.00 bits per heavy atom. The number of carbonyl (C=O) groups excluding carboxylic acids is 1. The van der Waals surface area contributed by atoms with Crippen LogP contribution in [0.3, 0.4) is 0 Å². The summed E-state index contributed by atoms with van der Waals surface area (Å²) in [6, 6.07) is 6.76. The predicted molar refractivity (Wildman–Crippen MR) is 95.8 cm³/mol. The highest BCUT2D eigenvalue weighted by molar-refractivity contribution is 7.16. The van der Waals surface area contributed by atoms with Crippen molar-refractivity contribution in [2.75, 3.05) is 0 Å². The molecule has 4 rings (SSSR count). The van der Waals surface area contributed by atoms with Crippen LogP contribution in [0.5, 0.6) is 0 Å². The van der Waals surface area contributed by atoms with E-state index in [1.807, 2.05) is 37.5 Å². The first-order valence-electron chi connectivity index (χ1n) is 8.08.